The first-order valence-corrected chi connectivity index (χ1v) is 7.49. The van der Waals surface area contributed by atoms with Crippen molar-refractivity contribution >= 4 is 5.91 Å². The minimum absolute atomic E-state index is 0.133. The minimum atomic E-state index is -0.694. The standard InChI is InChI=1S/C15H24N2O/c16-13-15(9-5-1-2-6-10-15)14(18)17-11-7-3-4-8-12-17/h1-12H2. The average Bonchev–Trinajstić information content (AvgIpc) is 2.81. The maximum Gasteiger partial charge on any atom is 0.243 e. The molecular weight excluding hydrogens is 224 g/mol. The number of nitrogens with zero attached hydrogens (tertiary/aromatic N) is 2. The lowest BCUT2D eigenvalue weighted by molar-refractivity contribution is -0.139. The summed E-state index contributed by atoms with van der Waals surface area (Å²) in [5.41, 5.74) is -0.694. The molecule has 100 valence electrons. The van der Waals surface area contributed by atoms with E-state index < -0.39 is 5.41 Å². The molecule has 18 heavy (non-hydrogen) atoms. The van der Waals surface area contributed by atoms with Crippen molar-refractivity contribution in [2.75, 3.05) is 13.1 Å². The molecule has 2 aliphatic rings. The molecule has 1 heterocycles. The molecule has 1 aliphatic heterocycles. The molecule has 0 atom stereocenters. The van der Waals surface area contributed by atoms with E-state index in [1.165, 1.54) is 25.7 Å². The predicted molar refractivity (Wildman–Crippen MR) is 70.8 cm³/mol. The van der Waals surface area contributed by atoms with E-state index >= 15 is 0 Å². The fraction of sp³-hybridized carbons (Fsp3) is 0.867. The topological polar surface area (TPSA) is 44.1 Å². The number of rotatable bonds is 1. The molecule has 0 unspecified atom stereocenters. The highest BCUT2D eigenvalue weighted by Gasteiger charge is 2.41. The zero-order chi connectivity index (χ0) is 12.8. The molecule has 0 spiro atoms. The van der Waals surface area contributed by atoms with E-state index in [1.807, 2.05) is 4.90 Å². The van der Waals surface area contributed by atoms with Crippen molar-refractivity contribution in [2.45, 2.75) is 64.2 Å². The summed E-state index contributed by atoms with van der Waals surface area (Å²) in [6, 6.07) is 2.38. The van der Waals surface area contributed by atoms with Crippen LogP contribution in [0.2, 0.25) is 0 Å². The summed E-state index contributed by atoms with van der Waals surface area (Å²) in [5.74, 6) is 0.133. The third-order valence-electron chi connectivity index (χ3n) is 4.47. The van der Waals surface area contributed by atoms with Crippen LogP contribution in [0, 0.1) is 16.7 Å². The maximum absolute atomic E-state index is 12.7. The van der Waals surface area contributed by atoms with Gasteiger partial charge in [-0.2, -0.15) is 5.26 Å². The highest BCUT2D eigenvalue weighted by atomic mass is 16.2. The first-order valence-electron chi connectivity index (χ1n) is 7.49. The summed E-state index contributed by atoms with van der Waals surface area (Å²) in [4.78, 5) is 14.7. The summed E-state index contributed by atoms with van der Waals surface area (Å²) < 4.78 is 0. The van der Waals surface area contributed by atoms with Crippen LogP contribution in [-0.2, 0) is 4.79 Å². The lowest BCUT2D eigenvalue weighted by atomic mass is 9.80. The molecule has 0 aromatic rings. The summed E-state index contributed by atoms with van der Waals surface area (Å²) in [6.07, 6.45) is 10.6. The van der Waals surface area contributed by atoms with Gasteiger partial charge in [-0.3, -0.25) is 4.79 Å². The lowest BCUT2D eigenvalue weighted by Crippen LogP contribution is -2.43. The van der Waals surface area contributed by atoms with Crippen molar-refractivity contribution in [1.82, 2.24) is 4.90 Å². The van der Waals surface area contributed by atoms with Gasteiger partial charge in [0.2, 0.25) is 5.91 Å². The van der Waals surface area contributed by atoms with E-state index in [2.05, 4.69) is 6.07 Å². The van der Waals surface area contributed by atoms with Crippen LogP contribution >= 0.6 is 0 Å². The molecular formula is C15H24N2O. The van der Waals surface area contributed by atoms with E-state index in [4.69, 9.17) is 0 Å². The average molecular weight is 248 g/mol. The molecule has 1 saturated carbocycles. The van der Waals surface area contributed by atoms with Crippen LogP contribution in [0.15, 0.2) is 0 Å². The zero-order valence-corrected chi connectivity index (χ0v) is 11.3. The Kier molecular flexibility index (Phi) is 4.63. The van der Waals surface area contributed by atoms with Gasteiger partial charge >= 0.3 is 0 Å². The molecule has 0 radical (unpaired) electrons. The van der Waals surface area contributed by atoms with Gasteiger partial charge in [0, 0.05) is 13.1 Å². The first-order chi connectivity index (χ1) is 8.78. The Hall–Kier alpha value is -1.04. The number of likely N-dealkylation sites (tertiary alicyclic amines) is 1. The molecule has 0 N–H and O–H groups in total. The van der Waals surface area contributed by atoms with Crippen LogP contribution in [0.25, 0.3) is 0 Å². The Morgan fingerprint density at radius 3 is 1.89 bits per heavy atom. The van der Waals surface area contributed by atoms with Gasteiger partial charge in [-0.25, -0.2) is 0 Å². The van der Waals surface area contributed by atoms with Gasteiger partial charge in [-0.15, -0.1) is 0 Å². The second-order valence-electron chi connectivity index (χ2n) is 5.81. The molecule has 2 fully saturated rings. The van der Waals surface area contributed by atoms with Crippen LogP contribution in [0.3, 0.4) is 0 Å². The first kappa shape index (κ1) is 13.4. The summed E-state index contributed by atoms with van der Waals surface area (Å²) in [7, 11) is 0. The van der Waals surface area contributed by atoms with Crippen LogP contribution in [0.1, 0.15) is 64.2 Å². The molecule has 3 nitrogen and oxygen atoms in total. The number of hydrogen-bond donors (Lipinski definition) is 0. The van der Waals surface area contributed by atoms with Gasteiger partial charge in [0.1, 0.15) is 5.41 Å². The predicted octanol–water partition coefficient (Wildman–Crippen LogP) is 3.25. The van der Waals surface area contributed by atoms with Gasteiger partial charge in [0.25, 0.3) is 0 Å². The number of nitriles is 1. The van der Waals surface area contributed by atoms with Crippen LogP contribution in [0.4, 0.5) is 0 Å². The van der Waals surface area contributed by atoms with Crippen molar-refractivity contribution in [3.63, 3.8) is 0 Å². The van der Waals surface area contributed by atoms with Gasteiger partial charge in [-0.05, 0) is 25.7 Å². The Bertz CT molecular complexity index is 316. The highest BCUT2D eigenvalue weighted by Crippen LogP contribution is 2.36. The molecule has 2 rings (SSSR count). The van der Waals surface area contributed by atoms with E-state index in [-0.39, 0.29) is 5.91 Å². The van der Waals surface area contributed by atoms with Crippen molar-refractivity contribution in [2.24, 2.45) is 5.41 Å². The second kappa shape index (κ2) is 6.22. The Labute approximate surface area is 110 Å². The SMILES string of the molecule is N#CC1(C(=O)N2CCCCCC2)CCCCCC1. The number of carbonyl (C=O) groups excluding carboxylic acids is 1. The van der Waals surface area contributed by atoms with Crippen molar-refractivity contribution in [3.8, 4) is 6.07 Å². The van der Waals surface area contributed by atoms with Crippen molar-refractivity contribution in [1.29, 1.82) is 5.26 Å². The van der Waals surface area contributed by atoms with Crippen LogP contribution < -0.4 is 0 Å². The quantitative estimate of drug-likeness (QED) is 0.669. The maximum atomic E-state index is 12.7. The second-order valence-corrected chi connectivity index (χ2v) is 5.81. The van der Waals surface area contributed by atoms with Crippen LogP contribution in [-0.4, -0.2) is 23.9 Å². The normalized spacial score (nSPS) is 24.7. The van der Waals surface area contributed by atoms with Gasteiger partial charge < -0.3 is 4.90 Å². The highest BCUT2D eigenvalue weighted by molar-refractivity contribution is 5.85. The molecule has 1 amide bonds. The molecule has 1 saturated heterocycles. The molecule has 0 aromatic heterocycles. The van der Waals surface area contributed by atoms with Gasteiger partial charge in [0.05, 0.1) is 6.07 Å². The third-order valence-corrected chi connectivity index (χ3v) is 4.47. The van der Waals surface area contributed by atoms with E-state index in [9.17, 15) is 10.1 Å². The molecule has 3 heteroatoms. The number of amides is 1. The van der Waals surface area contributed by atoms with E-state index in [1.54, 1.807) is 0 Å². The van der Waals surface area contributed by atoms with Gasteiger partial charge in [0.15, 0.2) is 0 Å². The van der Waals surface area contributed by atoms with Crippen molar-refractivity contribution < 1.29 is 4.79 Å². The van der Waals surface area contributed by atoms with Crippen molar-refractivity contribution in [3.05, 3.63) is 0 Å². The Morgan fingerprint density at radius 1 is 0.889 bits per heavy atom. The van der Waals surface area contributed by atoms with E-state index in [0.29, 0.717) is 0 Å². The summed E-state index contributed by atoms with van der Waals surface area (Å²) >= 11 is 0. The summed E-state index contributed by atoms with van der Waals surface area (Å²) in [5, 5.41) is 9.54. The number of hydrogen-bond acceptors (Lipinski definition) is 2. The molecule has 0 aromatic carbocycles. The fourth-order valence-electron chi connectivity index (χ4n) is 3.28. The number of carbonyl (C=O) groups is 1. The zero-order valence-electron chi connectivity index (χ0n) is 11.3. The Morgan fingerprint density at radius 2 is 1.39 bits per heavy atom. The van der Waals surface area contributed by atoms with E-state index in [0.717, 1.165) is 51.6 Å². The van der Waals surface area contributed by atoms with Crippen LogP contribution in [0.5, 0.6) is 0 Å². The molecule has 0 bridgehead atoms. The Balaban J connectivity index is 2.10. The summed E-state index contributed by atoms with van der Waals surface area (Å²) in [6.45, 7) is 1.73. The van der Waals surface area contributed by atoms with Gasteiger partial charge in [-0.1, -0.05) is 38.5 Å². The monoisotopic (exact) mass is 248 g/mol. The third kappa shape index (κ3) is 2.85. The smallest absolute Gasteiger partial charge is 0.243 e. The largest absolute Gasteiger partial charge is 0.341 e. The molecule has 1 aliphatic carbocycles. The minimum Gasteiger partial charge on any atom is -0.341 e. The fourth-order valence-corrected chi connectivity index (χ4v) is 3.28. The lowest BCUT2D eigenvalue weighted by Gasteiger charge is -2.31.